The van der Waals surface area contributed by atoms with E-state index in [-0.39, 0.29) is 5.41 Å². The van der Waals surface area contributed by atoms with Crippen LogP contribution >= 0.6 is 11.8 Å². The third-order valence-corrected chi connectivity index (χ3v) is 5.42. The molecule has 0 bridgehead atoms. The average molecular weight is 263 g/mol. The van der Waals surface area contributed by atoms with Crippen LogP contribution in [-0.2, 0) is 17.8 Å². The van der Waals surface area contributed by atoms with Gasteiger partial charge in [0.25, 0.3) is 0 Å². The first-order valence-corrected chi connectivity index (χ1v) is 7.47. The normalized spacial score (nSPS) is 31.0. The molecule has 2 unspecified atom stereocenters. The Bertz CT molecular complexity index is 469. The van der Waals surface area contributed by atoms with Crippen LogP contribution in [0.5, 0.6) is 0 Å². The van der Waals surface area contributed by atoms with Gasteiger partial charge in [-0.1, -0.05) is 24.3 Å². The van der Waals surface area contributed by atoms with Crippen LogP contribution in [0.3, 0.4) is 0 Å². The van der Waals surface area contributed by atoms with Crippen molar-refractivity contribution in [3.8, 4) is 0 Å². The summed E-state index contributed by atoms with van der Waals surface area (Å²) < 4.78 is 0. The molecule has 1 aromatic rings. The number of carboxylic acids is 1. The molecule has 0 aromatic heterocycles. The fourth-order valence-electron chi connectivity index (χ4n) is 3.15. The van der Waals surface area contributed by atoms with Crippen LogP contribution in [0, 0.1) is 5.41 Å². The molecule has 0 aliphatic carbocycles. The average Bonchev–Trinajstić information content (AvgIpc) is 2.73. The van der Waals surface area contributed by atoms with Gasteiger partial charge in [0, 0.05) is 17.7 Å². The Morgan fingerprint density at radius 2 is 2.17 bits per heavy atom. The largest absolute Gasteiger partial charge is 0.480 e. The number of aliphatic carboxylic acids is 1. The molecule has 2 atom stereocenters. The van der Waals surface area contributed by atoms with E-state index in [2.05, 4.69) is 23.5 Å². The van der Waals surface area contributed by atoms with E-state index >= 15 is 0 Å². The second-order valence-electron chi connectivity index (χ2n) is 5.26. The SMILES string of the molecule is O=C(O)C1NCc2ccccc2CC12CCSC2. The molecule has 0 radical (unpaired) electrons. The molecule has 0 amide bonds. The number of rotatable bonds is 1. The maximum absolute atomic E-state index is 11.5. The predicted molar refractivity (Wildman–Crippen MR) is 72.8 cm³/mol. The Balaban J connectivity index is 2.01. The first kappa shape index (κ1) is 12.1. The fraction of sp³-hybridized carbons (Fsp3) is 0.500. The quantitative estimate of drug-likeness (QED) is 0.812. The Labute approximate surface area is 111 Å². The van der Waals surface area contributed by atoms with Crippen LogP contribution in [0.1, 0.15) is 17.5 Å². The lowest BCUT2D eigenvalue weighted by molar-refractivity contribution is -0.142. The molecule has 1 spiro atoms. The van der Waals surface area contributed by atoms with E-state index < -0.39 is 12.0 Å². The number of fused-ring (bicyclic) bond motifs is 1. The first-order chi connectivity index (χ1) is 8.71. The van der Waals surface area contributed by atoms with Gasteiger partial charge in [0.05, 0.1) is 0 Å². The summed E-state index contributed by atoms with van der Waals surface area (Å²) in [5, 5.41) is 12.8. The van der Waals surface area contributed by atoms with Crippen LogP contribution in [0.25, 0.3) is 0 Å². The molecule has 1 fully saturated rings. The Morgan fingerprint density at radius 1 is 1.39 bits per heavy atom. The molecule has 2 heterocycles. The summed E-state index contributed by atoms with van der Waals surface area (Å²) >= 11 is 1.88. The summed E-state index contributed by atoms with van der Waals surface area (Å²) in [5.41, 5.74) is 2.46. The van der Waals surface area contributed by atoms with Crippen molar-refractivity contribution in [3.05, 3.63) is 35.4 Å². The van der Waals surface area contributed by atoms with Gasteiger partial charge in [0.2, 0.25) is 0 Å². The molecule has 3 nitrogen and oxygen atoms in total. The van der Waals surface area contributed by atoms with Gasteiger partial charge >= 0.3 is 5.97 Å². The van der Waals surface area contributed by atoms with Gasteiger partial charge in [-0.05, 0) is 29.7 Å². The summed E-state index contributed by atoms with van der Waals surface area (Å²) in [6, 6.07) is 7.90. The zero-order valence-corrected chi connectivity index (χ0v) is 11.0. The third-order valence-electron chi connectivity index (χ3n) is 4.15. The van der Waals surface area contributed by atoms with Crippen molar-refractivity contribution in [3.63, 3.8) is 0 Å². The minimum absolute atomic E-state index is 0.108. The molecule has 1 saturated heterocycles. The summed E-state index contributed by atoms with van der Waals surface area (Å²) in [4.78, 5) is 11.5. The number of carbonyl (C=O) groups is 1. The minimum atomic E-state index is -0.703. The molecule has 3 rings (SSSR count). The lowest BCUT2D eigenvalue weighted by atomic mass is 9.75. The number of nitrogens with one attached hydrogen (secondary N) is 1. The van der Waals surface area contributed by atoms with Crippen LogP contribution < -0.4 is 5.32 Å². The van der Waals surface area contributed by atoms with Crippen molar-refractivity contribution in [2.24, 2.45) is 5.41 Å². The third kappa shape index (κ3) is 1.93. The highest BCUT2D eigenvalue weighted by Crippen LogP contribution is 2.43. The van der Waals surface area contributed by atoms with Crippen molar-refractivity contribution in [1.82, 2.24) is 5.32 Å². The van der Waals surface area contributed by atoms with E-state index in [1.54, 1.807) is 0 Å². The van der Waals surface area contributed by atoms with Crippen molar-refractivity contribution in [1.29, 1.82) is 0 Å². The van der Waals surface area contributed by atoms with Gasteiger partial charge in [0.1, 0.15) is 6.04 Å². The van der Waals surface area contributed by atoms with Gasteiger partial charge in [-0.2, -0.15) is 11.8 Å². The molecule has 0 saturated carbocycles. The zero-order valence-electron chi connectivity index (χ0n) is 10.2. The minimum Gasteiger partial charge on any atom is -0.480 e. The van der Waals surface area contributed by atoms with Gasteiger partial charge in [-0.3, -0.25) is 10.1 Å². The van der Waals surface area contributed by atoms with Gasteiger partial charge in [-0.25, -0.2) is 0 Å². The summed E-state index contributed by atoms with van der Waals surface area (Å²) in [6.07, 6.45) is 1.89. The lowest BCUT2D eigenvalue weighted by Crippen LogP contribution is -2.50. The molecule has 96 valence electrons. The van der Waals surface area contributed by atoms with E-state index in [9.17, 15) is 9.90 Å². The van der Waals surface area contributed by atoms with E-state index in [1.807, 2.05) is 17.8 Å². The summed E-state index contributed by atoms with van der Waals surface area (Å²) in [7, 11) is 0. The maximum Gasteiger partial charge on any atom is 0.321 e. The van der Waals surface area contributed by atoms with Crippen LogP contribution in [0.15, 0.2) is 24.3 Å². The topological polar surface area (TPSA) is 49.3 Å². The standard InChI is InChI=1S/C14H17NO2S/c16-13(17)12-14(5-6-18-9-14)7-10-3-1-2-4-11(10)8-15-12/h1-4,12,15H,5-9H2,(H,16,17). The van der Waals surface area contributed by atoms with E-state index in [0.29, 0.717) is 6.54 Å². The number of hydrogen-bond donors (Lipinski definition) is 2. The highest BCUT2D eigenvalue weighted by Gasteiger charge is 2.46. The van der Waals surface area contributed by atoms with E-state index in [1.165, 1.54) is 11.1 Å². The highest BCUT2D eigenvalue weighted by atomic mass is 32.2. The monoisotopic (exact) mass is 263 g/mol. The number of benzene rings is 1. The molecular formula is C14H17NO2S. The molecule has 2 N–H and O–H groups in total. The van der Waals surface area contributed by atoms with Crippen molar-refractivity contribution >= 4 is 17.7 Å². The molecule has 2 aliphatic heterocycles. The molecular weight excluding hydrogens is 246 g/mol. The van der Waals surface area contributed by atoms with E-state index in [4.69, 9.17) is 0 Å². The van der Waals surface area contributed by atoms with Crippen LogP contribution in [0.4, 0.5) is 0 Å². The first-order valence-electron chi connectivity index (χ1n) is 6.32. The number of hydrogen-bond acceptors (Lipinski definition) is 3. The Hall–Kier alpha value is -1.00. The molecule has 1 aromatic carbocycles. The molecule has 2 aliphatic rings. The van der Waals surface area contributed by atoms with Crippen LogP contribution in [-0.4, -0.2) is 28.6 Å². The van der Waals surface area contributed by atoms with Crippen molar-refractivity contribution in [2.75, 3.05) is 11.5 Å². The fourth-order valence-corrected chi connectivity index (χ4v) is 4.67. The summed E-state index contributed by atoms with van der Waals surface area (Å²) in [6.45, 7) is 0.666. The second kappa shape index (κ2) is 4.59. The van der Waals surface area contributed by atoms with Gasteiger partial charge < -0.3 is 5.11 Å². The zero-order chi connectivity index (χ0) is 12.6. The van der Waals surface area contributed by atoms with Crippen LogP contribution in [0.2, 0.25) is 0 Å². The maximum atomic E-state index is 11.5. The molecule has 4 heteroatoms. The predicted octanol–water partition coefficient (Wildman–Crippen LogP) is 1.91. The second-order valence-corrected chi connectivity index (χ2v) is 6.37. The Kier molecular flexibility index (Phi) is 3.08. The van der Waals surface area contributed by atoms with Crippen molar-refractivity contribution in [2.45, 2.75) is 25.4 Å². The Morgan fingerprint density at radius 3 is 2.83 bits per heavy atom. The smallest absolute Gasteiger partial charge is 0.321 e. The van der Waals surface area contributed by atoms with Gasteiger partial charge in [0.15, 0.2) is 0 Å². The van der Waals surface area contributed by atoms with E-state index in [0.717, 1.165) is 24.3 Å². The number of thioether (sulfide) groups is 1. The van der Waals surface area contributed by atoms with Crippen molar-refractivity contribution < 1.29 is 9.90 Å². The van der Waals surface area contributed by atoms with Gasteiger partial charge in [-0.15, -0.1) is 0 Å². The number of carboxylic acid groups (broad SMARTS) is 1. The highest BCUT2D eigenvalue weighted by molar-refractivity contribution is 7.99. The molecule has 18 heavy (non-hydrogen) atoms. The lowest BCUT2D eigenvalue weighted by Gasteiger charge is -2.33. The summed E-state index contributed by atoms with van der Waals surface area (Å²) in [5.74, 6) is 1.32.